The van der Waals surface area contributed by atoms with Gasteiger partial charge in [-0.3, -0.25) is 10.1 Å². The molecule has 1 fully saturated rings. The molecule has 0 spiro atoms. The van der Waals surface area contributed by atoms with E-state index in [4.69, 9.17) is 9.47 Å². The molecule has 0 amide bonds. The van der Waals surface area contributed by atoms with Crippen LogP contribution in [0.4, 0.5) is 5.69 Å². The zero-order valence-corrected chi connectivity index (χ0v) is 15.5. The maximum absolute atomic E-state index is 11.7. The van der Waals surface area contributed by atoms with Gasteiger partial charge in [0.05, 0.1) is 4.92 Å². The second-order valence-electron chi connectivity index (χ2n) is 6.85. The van der Waals surface area contributed by atoms with Crippen LogP contribution in [0.25, 0.3) is 10.9 Å². The molecule has 0 radical (unpaired) electrons. The molecule has 0 bridgehead atoms. The van der Waals surface area contributed by atoms with Crippen LogP contribution in [0.15, 0.2) is 36.7 Å². The molecule has 4 rings (SSSR count). The number of nitro groups is 1. The minimum atomic E-state index is -0.558. The van der Waals surface area contributed by atoms with Crippen molar-refractivity contribution in [2.75, 3.05) is 0 Å². The topological polar surface area (TPSA) is 100 Å². The van der Waals surface area contributed by atoms with E-state index in [0.29, 0.717) is 11.3 Å². The number of aryl methyl sites for hydroxylation is 1. The Hall–Kier alpha value is -3.29. The highest BCUT2D eigenvalue weighted by Crippen LogP contribution is 2.38. The normalized spacial score (nSPS) is 14.8. The fourth-order valence-corrected chi connectivity index (χ4v) is 3.41. The predicted octanol–water partition coefficient (Wildman–Crippen LogP) is 4.75. The Balaban J connectivity index is 1.71. The first kappa shape index (κ1) is 18.1. The minimum Gasteiger partial charge on any atom is -0.469 e. The molecule has 0 aliphatic heterocycles. The summed E-state index contributed by atoms with van der Waals surface area (Å²) >= 11 is 0. The molecule has 1 saturated carbocycles. The maximum atomic E-state index is 11.7. The zero-order valence-electron chi connectivity index (χ0n) is 15.5. The van der Waals surface area contributed by atoms with Gasteiger partial charge in [-0.15, -0.1) is 0 Å². The molecular formula is C20H20N4O4. The molecule has 1 aliphatic rings. The van der Waals surface area contributed by atoms with Crippen molar-refractivity contribution in [2.45, 2.75) is 45.1 Å². The monoisotopic (exact) mass is 380 g/mol. The van der Waals surface area contributed by atoms with Crippen LogP contribution < -0.4 is 9.47 Å². The number of hydrogen-bond acceptors (Lipinski definition) is 7. The lowest BCUT2D eigenvalue weighted by Gasteiger charge is -2.22. The lowest BCUT2D eigenvalue weighted by molar-refractivity contribution is -0.387. The molecule has 2 aromatic heterocycles. The van der Waals surface area contributed by atoms with Gasteiger partial charge in [-0.1, -0.05) is 24.6 Å². The van der Waals surface area contributed by atoms with Gasteiger partial charge in [-0.2, -0.15) is 9.97 Å². The standard InChI is InChI=1S/C20H20N4O4/c1-13-10-11-14-6-5-9-16(17(14)23-13)28-20-18(24(25)26)19(21-12-22-20)27-15-7-3-2-4-8-15/h5-6,9-12,15H,2-4,7-8H2,1H3. The van der Waals surface area contributed by atoms with E-state index in [-0.39, 0.29) is 23.6 Å². The van der Waals surface area contributed by atoms with Gasteiger partial charge in [0, 0.05) is 11.1 Å². The Kier molecular flexibility index (Phi) is 5.01. The highest BCUT2D eigenvalue weighted by molar-refractivity contribution is 5.84. The number of benzene rings is 1. The van der Waals surface area contributed by atoms with E-state index >= 15 is 0 Å². The van der Waals surface area contributed by atoms with E-state index in [1.165, 1.54) is 6.33 Å². The Morgan fingerprint density at radius 2 is 1.86 bits per heavy atom. The summed E-state index contributed by atoms with van der Waals surface area (Å²) in [5.74, 6) is 0.194. The highest BCUT2D eigenvalue weighted by atomic mass is 16.6. The SMILES string of the molecule is Cc1ccc2cccc(Oc3ncnc(OC4CCCCC4)c3[N+](=O)[O-])c2n1. The molecule has 1 aromatic carbocycles. The summed E-state index contributed by atoms with van der Waals surface area (Å²) in [6, 6.07) is 9.25. The number of rotatable bonds is 5. The first-order valence-electron chi connectivity index (χ1n) is 9.32. The van der Waals surface area contributed by atoms with Gasteiger partial charge in [0.25, 0.3) is 0 Å². The molecule has 0 unspecified atom stereocenters. The Bertz CT molecular complexity index is 1020. The lowest BCUT2D eigenvalue weighted by atomic mass is 9.98. The first-order valence-corrected chi connectivity index (χ1v) is 9.32. The van der Waals surface area contributed by atoms with Crippen molar-refractivity contribution in [1.82, 2.24) is 15.0 Å². The summed E-state index contributed by atoms with van der Waals surface area (Å²) in [7, 11) is 0. The fraction of sp³-hybridized carbons (Fsp3) is 0.350. The van der Waals surface area contributed by atoms with Crippen LogP contribution in [0.2, 0.25) is 0 Å². The Labute approximate surface area is 161 Å². The van der Waals surface area contributed by atoms with Gasteiger partial charge in [0.1, 0.15) is 17.9 Å². The Morgan fingerprint density at radius 1 is 1.07 bits per heavy atom. The van der Waals surface area contributed by atoms with E-state index in [2.05, 4.69) is 15.0 Å². The molecule has 0 N–H and O–H groups in total. The maximum Gasteiger partial charge on any atom is 0.392 e. The van der Waals surface area contributed by atoms with Crippen LogP contribution in [0, 0.1) is 17.0 Å². The highest BCUT2D eigenvalue weighted by Gasteiger charge is 2.29. The average molecular weight is 380 g/mol. The van der Waals surface area contributed by atoms with Gasteiger partial charge < -0.3 is 9.47 Å². The van der Waals surface area contributed by atoms with Gasteiger partial charge >= 0.3 is 17.4 Å². The van der Waals surface area contributed by atoms with E-state index in [1.54, 1.807) is 12.1 Å². The second kappa shape index (κ2) is 7.75. The summed E-state index contributed by atoms with van der Waals surface area (Å²) in [6.45, 7) is 1.87. The largest absolute Gasteiger partial charge is 0.469 e. The third-order valence-electron chi connectivity index (χ3n) is 4.80. The van der Waals surface area contributed by atoms with Crippen LogP contribution in [-0.2, 0) is 0 Å². The van der Waals surface area contributed by atoms with E-state index in [9.17, 15) is 10.1 Å². The first-order chi connectivity index (χ1) is 13.6. The van der Waals surface area contributed by atoms with Gasteiger partial charge in [-0.25, -0.2) is 4.98 Å². The van der Waals surface area contributed by atoms with Crippen LogP contribution in [0.3, 0.4) is 0 Å². The molecular weight excluding hydrogens is 360 g/mol. The molecule has 1 aliphatic carbocycles. The van der Waals surface area contributed by atoms with E-state index < -0.39 is 4.92 Å². The van der Waals surface area contributed by atoms with Crippen molar-refractivity contribution >= 4 is 16.6 Å². The molecule has 2 heterocycles. The number of para-hydroxylation sites is 1. The minimum absolute atomic E-state index is 0.0497. The van der Waals surface area contributed by atoms with E-state index in [0.717, 1.165) is 43.2 Å². The predicted molar refractivity (Wildman–Crippen MR) is 103 cm³/mol. The number of hydrogen-bond donors (Lipinski definition) is 0. The van der Waals surface area contributed by atoms with Gasteiger partial charge in [0.15, 0.2) is 5.75 Å². The number of aromatic nitrogens is 3. The van der Waals surface area contributed by atoms with Crippen molar-refractivity contribution in [3.63, 3.8) is 0 Å². The zero-order chi connectivity index (χ0) is 19.5. The molecule has 8 nitrogen and oxygen atoms in total. The molecule has 0 saturated heterocycles. The van der Waals surface area contributed by atoms with Crippen molar-refractivity contribution in [1.29, 1.82) is 0 Å². The summed E-state index contributed by atoms with van der Waals surface area (Å²) in [4.78, 5) is 23.7. The third kappa shape index (κ3) is 3.71. The fourth-order valence-electron chi connectivity index (χ4n) is 3.41. The summed E-state index contributed by atoms with van der Waals surface area (Å²) in [6.07, 6.45) is 6.14. The third-order valence-corrected chi connectivity index (χ3v) is 4.80. The van der Waals surface area contributed by atoms with E-state index in [1.807, 2.05) is 25.1 Å². The average Bonchev–Trinajstić information content (AvgIpc) is 2.69. The molecule has 28 heavy (non-hydrogen) atoms. The number of pyridine rings is 1. The van der Waals surface area contributed by atoms with Crippen LogP contribution in [0.1, 0.15) is 37.8 Å². The van der Waals surface area contributed by atoms with Crippen LogP contribution >= 0.6 is 0 Å². The second-order valence-corrected chi connectivity index (χ2v) is 6.85. The number of nitrogens with zero attached hydrogens (tertiary/aromatic N) is 4. The molecule has 0 atom stereocenters. The quantitative estimate of drug-likeness (QED) is 0.465. The summed E-state index contributed by atoms with van der Waals surface area (Å²) < 4.78 is 11.7. The van der Waals surface area contributed by atoms with Crippen molar-refractivity contribution < 1.29 is 14.4 Å². The van der Waals surface area contributed by atoms with Gasteiger partial charge in [-0.05, 0) is 44.7 Å². The summed E-state index contributed by atoms with van der Waals surface area (Å²) in [5.41, 5.74) is 1.07. The van der Waals surface area contributed by atoms with Crippen molar-refractivity contribution in [2.24, 2.45) is 0 Å². The van der Waals surface area contributed by atoms with Crippen molar-refractivity contribution in [3.8, 4) is 17.5 Å². The van der Waals surface area contributed by atoms with Crippen LogP contribution in [-0.4, -0.2) is 26.0 Å². The summed E-state index contributed by atoms with van der Waals surface area (Å²) in [5, 5.41) is 12.6. The van der Waals surface area contributed by atoms with Crippen LogP contribution in [0.5, 0.6) is 17.5 Å². The van der Waals surface area contributed by atoms with Crippen molar-refractivity contribution in [3.05, 3.63) is 52.5 Å². The number of fused-ring (bicyclic) bond motifs is 1. The number of ether oxygens (including phenoxy) is 2. The van der Waals surface area contributed by atoms with Gasteiger partial charge in [0.2, 0.25) is 0 Å². The molecule has 3 aromatic rings. The molecule has 8 heteroatoms. The molecule has 144 valence electrons. The lowest BCUT2D eigenvalue weighted by Crippen LogP contribution is -2.21. The Morgan fingerprint density at radius 3 is 2.64 bits per heavy atom. The smallest absolute Gasteiger partial charge is 0.392 e.